The molecule has 0 saturated heterocycles. The molecule has 0 unspecified atom stereocenters. The SMILES string of the molecule is O=C1C=C(S)c2ccccc2C1. The molecule has 1 aliphatic carbocycles. The molecule has 0 N–H and O–H groups in total. The number of allylic oxidation sites excluding steroid dienone is 1. The van der Waals surface area contributed by atoms with Gasteiger partial charge in [-0.05, 0) is 17.2 Å². The number of carbonyl (C=O) groups excluding carboxylic acids is 1. The number of ketones is 1. The van der Waals surface area contributed by atoms with E-state index in [1.165, 1.54) is 0 Å². The van der Waals surface area contributed by atoms with E-state index in [9.17, 15) is 4.79 Å². The van der Waals surface area contributed by atoms with E-state index >= 15 is 0 Å². The van der Waals surface area contributed by atoms with Gasteiger partial charge in [-0.25, -0.2) is 0 Å². The summed E-state index contributed by atoms with van der Waals surface area (Å²) in [5, 5.41) is 0. The van der Waals surface area contributed by atoms with Crippen LogP contribution in [0.15, 0.2) is 30.3 Å². The summed E-state index contributed by atoms with van der Waals surface area (Å²) in [6, 6.07) is 7.86. The van der Waals surface area contributed by atoms with Crippen molar-refractivity contribution in [1.82, 2.24) is 0 Å². The zero-order valence-corrected chi connectivity index (χ0v) is 7.34. The fourth-order valence-corrected chi connectivity index (χ4v) is 1.76. The second kappa shape index (κ2) is 2.79. The number of hydrogen-bond donors (Lipinski definition) is 1. The molecule has 60 valence electrons. The van der Waals surface area contributed by atoms with Crippen LogP contribution in [0.1, 0.15) is 11.1 Å². The third-order valence-electron chi connectivity index (χ3n) is 1.96. The van der Waals surface area contributed by atoms with E-state index in [0.29, 0.717) is 6.42 Å². The van der Waals surface area contributed by atoms with Gasteiger partial charge in [0, 0.05) is 11.3 Å². The molecule has 2 rings (SSSR count). The van der Waals surface area contributed by atoms with Crippen LogP contribution >= 0.6 is 12.6 Å². The minimum Gasteiger partial charge on any atom is -0.294 e. The predicted octanol–water partition coefficient (Wildman–Crippen LogP) is 2.08. The Morgan fingerprint density at radius 1 is 1.25 bits per heavy atom. The van der Waals surface area contributed by atoms with E-state index in [1.54, 1.807) is 6.08 Å². The number of carbonyl (C=O) groups is 1. The van der Waals surface area contributed by atoms with E-state index in [2.05, 4.69) is 12.6 Å². The van der Waals surface area contributed by atoms with Crippen molar-refractivity contribution in [2.75, 3.05) is 0 Å². The molecule has 0 bridgehead atoms. The Morgan fingerprint density at radius 3 is 2.83 bits per heavy atom. The summed E-state index contributed by atoms with van der Waals surface area (Å²) < 4.78 is 0. The van der Waals surface area contributed by atoms with Crippen molar-refractivity contribution in [2.45, 2.75) is 6.42 Å². The Labute approximate surface area is 76.5 Å². The monoisotopic (exact) mass is 176 g/mol. The van der Waals surface area contributed by atoms with Crippen LogP contribution in [0.3, 0.4) is 0 Å². The zero-order chi connectivity index (χ0) is 8.55. The van der Waals surface area contributed by atoms with E-state index in [1.807, 2.05) is 24.3 Å². The summed E-state index contributed by atoms with van der Waals surface area (Å²) >= 11 is 4.24. The number of thiol groups is 1. The van der Waals surface area contributed by atoms with Crippen LogP contribution in [0.4, 0.5) is 0 Å². The van der Waals surface area contributed by atoms with Gasteiger partial charge in [0.25, 0.3) is 0 Å². The molecule has 0 saturated carbocycles. The highest BCUT2D eigenvalue weighted by Crippen LogP contribution is 2.26. The molecule has 1 nitrogen and oxygen atoms in total. The Balaban J connectivity index is 2.60. The summed E-state index contributed by atoms with van der Waals surface area (Å²) in [7, 11) is 0. The molecule has 1 aliphatic rings. The maximum atomic E-state index is 11.1. The van der Waals surface area contributed by atoms with E-state index in [4.69, 9.17) is 0 Å². The van der Waals surface area contributed by atoms with Crippen LogP contribution in [-0.4, -0.2) is 5.78 Å². The van der Waals surface area contributed by atoms with E-state index in [-0.39, 0.29) is 5.78 Å². The number of benzene rings is 1. The molecular weight excluding hydrogens is 168 g/mol. The Morgan fingerprint density at radius 2 is 2.00 bits per heavy atom. The first kappa shape index (κ1) is 7.62. The predicted molar refractivity (Wildman–Crippen MR) is 52.1 cm³/mol. The minimum absolute atomic E-state index is 0.138. The van der Waals surface area contributed by atoms with Crippen LogP contribution in [0.2, 0.25) is 0 Å². The topological polar surface area (TPSA) is 17.1 Å². The summed E-state index contributed by atoms with van der Waals surface area (Å²) in [6.07, 6.45) is 2.10. The molecule has 0 atom stereocenters. The quantitative estimate of drug-likeness (QED) is 0.599. The number of hydrogen-bond acceptors (Lipinski definition) is 2. The molecule has 0 amide bonds. The number of fused-ring (bicyclic) bond motifs is 1. The summed E-state index contributed by atoms with van der Waals surface area (Å²) in [5.74, 6) is 0.138. The first-order valence-electron chi connectivity index (χ1n) is 3.79. The van der Waals surface area contributed by atoms with Gasteiger partial charge in [0.05, 0.1) is 0 Å². The maximum absolute atomic E-state index is 11.1. The maximum Gasteiger partial charge on any atom is 0.161 e. The smallest absolute Gasteiger partial charge is 0.161 e. The molecule has 2 heteroatoms. The lowest BCUT2D eigenvalue weighted by Gasteiger charge is -2.12. The minimum atomic E-state index is 0.138. The molecule has 0 spiro atoms. The molecular formula is C10H8OS. The van der Waals surface area contributed by atoms with Gasteiger partial charge in [-0.2, -0.15) is 0 Å². The molecule has 0 aromatic heterocycles. The van der Waals surface area contributed by atoms with Crippen LogP contribution in [-0.2, 0) is 11.2 Å². The van der Waals surface area contributed by atoms with Gasteiger partial charge in [0.2, 0.25) is 0 Å². The van der Waals surface area contributed by atoms with Crippen molar-refractivity contribution in [2.24, 2.45) is 0 Å². The number of rotatable bonds is 0. The van der Waals surface area contributed by atoms with Crippen molar-refractivity contribution >= 4 is 23.3 Å². The van der Waals surface area contributed by atoms with Gasteiger partial charge in [0.15, 0.2) is 5.78 Å². The molecule has 0 heterocycles. The average molecular weight is 176 g/mol. The molecule has 0 aliphatic heterocycles. The van der Waals surface area contributed by atoms with Crippen molar-refractivity contribution in [3.05, 3.63) is 41.5 Å². The first-order chi connectivity index (χ1) is 5.77. The lowest BCUT2D eigenvalue weighted by molar-refractivity contribution is -0.114. The average Bonchev–Trinajstić information content (AvgIpc) is 2.04. The summed E-state index contributed by atoms with van der Waals surface area (Å²) in [4.78, 5) is 11.9. The van der Waals surface area contributed by atoms with Gasteiger partial charge < -0.3 is 0 Å². The Bertz CT molecular complexity index is 366. The van der Waals surface area contributed by atoms with Gasteiger partial charge in [-0.15, -0.1) is 12.6 Å². The van der Waals surface area contributed by atoms with Gasteiger partial charge in [0.1, 0.15) is 0 Å². The second-order valence-electron chi connectivity index (χ2n) is 2.83. The molecule has 1 aromatic carbocycles. The van der Waals surface area contributed by atoms with Gasteiger partial charge in [-0.3, -0.25) is 4.79 Å². The third kappa shape index (κ3) is 1.18. The van der Waals surface area contributed by atoms with Crippen LogP contribution < -0.4 is 0 Å². The van der Waals surface area contributed by atoms with Crippen molar-refractivity contribution in [3.8, 4) is 0 Å². The van der Waals surface area contributed by atoms with Gasteiger partial charge in [-0.1, -0.05) is 24.3 Å². The molecule has 12 heavy (non-hydrogen) atoms. The standard InChI is InChI=1S/C10H8OS/c11-8-5-7-3-1-2-4-9(7)10(12)6-8/h1-4,6,12H,5H2. The highest BCUT2D eigenvalue weighted by molar-refractivity contribution is 7.90. The summed E-state index contributed by atoms with van der Waals surface area (Å²) in [5.41, 5.74) is 2.16. The Hall–Kier alpha value is -1.02. The third-order valence-corrected chi connectivity index (χ3v) is 2.33. The van der Waals surface area contributed by atoms with E-state index < -0.39 is 0 Å². The highest BCUT2D eigenvalue weighted by Gasteiger charge is 2.13. The fourth-order valence-electron chi connectivity index (χ4n) is 1.39. The van der Waals surface area contributed by atoms with Crippen LogP contribution in [0.5, 0.6) is 0 Å². The Kier molecular flexibility index (Phi) is 1.77. The van der Waals surface area contributed by atoms with Crippen molar-refractivity contribution < 1.29 is 4.79 Å². The lowest BCUT2D eigenvalue weighted by atomic mass is 9.97. The summed E-state index contributed by atoms with van der Waals surface area (Å²) in [6.45, 7) is 0. The van der Waals surface area contributed by atoms with Crippen LogP contribution in [0.25, 0.3) is 4.91 Å². The molecule has 0 radical (unpaired) electrons. The molecule has 1 aromatic rings. The van der Waals surface area contributed by atoms with Crippen LogP contribution in [0, 0.1) is 0 Å². The largest absolute Gasteiger partial charge is 0.294 e. The normalized spacial score (nSPS) is 15.4. The first-order valence-corrected chi connectivity index (χ1v) is 4.24. The zero-order valence-electron chi connectivity index (χ0n) is 6.45. The second-order valence-corrected chi connectivity index (χ2v) is 3.31. The van der Waals surface area contributed by atoms with Gasteiger partial charge >= 0.3 is 0 Å². The van der Waals surface area contributed by atoms with Crippen molar-refractivity contribution in [1.29, 1.82) is 0 Å². The fraction of sp³-hybridized carbons (Fsp3) is 0.100. The van der Waals surface area contributed by atoms with Crippen molar-refractivity contribution in [3.63, 3.8) is 0 Å². The lowest BCUT2D eigenvalue weighted by Crippen LogP contribution is -2.06. The van der Waals surface area contributed by atoms with E-state index in [0.717, 1.165) is 16.0 Å². The molecule has 0 fully saturated rings. The highest BCUT2D eigenvalue weighted by atomic mass is 32.1.